The third kappa shape index (κ3) is 4.60. The van der Waals surface area contributed by atoms with Crippen LogP contribution >= 0.6 is 0 Å². The second-order valence-electron chi connectivity index (χ2n) is 8.68. The van der Waals surface area contributed by atoms with Gasteiger partial charge in [0.15, 0.2) is 0 Å². The Morgan fingerprint density at radius 3 is 2.53 bits per heavy atom. The largest absolute Gasteiger partial charge is 0.507 e. The van der Waals surface area contributed by atoms with Crippen LogP contribution in [-0.2, 0) is 6.54 Å². The number of nitrogens with zero attached hydrogens (tertiary/aromatic N) is 2. The average molecular weight is 437 g/mol. The van der Waals surface area contributed by atoms with Gasteiger partial charge in [-0.05, 0) is 81.6 Å². The van der Waals surface area contributed by atoms with E-state index in [1.54, 1.807) is 16.9 Å². The SMILES string of the molecule is CCOc1ccc(C(c2c(O)cc(C)n(Cc3ccco3)c2=O)N2CCC(C)CC2)cc1. The number of furan rings is 1. The molecule has 1 aliphatic heterocycles. The van der Waals surface area contributed by atoms with Crippen LogP contribution in [-0.4, -0.2) is 34.3 Å². The lowest BCUT2D eigenvalue weighted by molar-refractivity contribution is 0.154. The second-order valence-corrected chi connectivity index (χ2v) is 8.68. The van der Waals surface area contributed by atoms with Gasteiger partial charge in [-0.15, -0.1) is 0 Å². The van der Waals surface area contributed by atoms with Crippen molar-refractivity contribution >= 4 is 0 Å². The number of likely N-dealkylation sites (tertiary alicyclic amines) is 1. The van der Waals surface area contributed by atoms with E-state index < -0.39 is 0 Å². The van der Waals surface area contributed by atoms with E-state index in [-0.39, 0.29) is 17.4 Å². The molecule has 0 bridgehead atoms. The van der Waals surface area contributed by atoms with Crippen LogP contribution in [0.4, 0.5) is 0 Å². The standard InChI is InChI=1S/C26H32N2O4/c1-4-31-21-9-7-20(8-10-21)25(27-13-11-18(2)12-14-27)24-23(29)16-19(3)28(26(24)30)17-22-6-5-15-32-22/h5-10,15-16,18,25,29H,4,11-14,17H2,1-3H3. The average Bonchev–Trinajstić information content (AvgIpc) is 3.29. The van der Waals surface area contributed by atoms with Crippen molar-refractivity contribution in [2.75, 3.05) is 19.7 Å². The summed E-state index contributed by atoms with van der Waals surface area (Å²) in [7, 11) is 0. The highest BCUT2D eigenvalue weighted by molar-refractivity contribution is 5.42. The summed E-state index contributed by atoms with van der Waals surface area (Å²) in [5.41, 5.74) is 1.91. The molecule has 32 heavy (non-hydrogen) atoms. The molecule has 6 heteroatoms. The van der Waals surface area contributed by atoms with Crippen molar-refractivity contribution in [3.63, 3.8) is 0 Å². The Kier molecular flexibility index (Phi) is 6.70. The molecule has 1 aromatic carbocycles. The van der Waals surface area contributed by atoms with Crippen LogP contribution in [0.15, 0.2) is 57.9 Å². The summed E-state index contributed by atoms with van der Waals surface area (Å²) in [5.74, 6) is 2.21. The zero-order chi connectivity index (χ0) is 22.7. The molecule has 0 spiro atoms. The number of benzene rings is 1. The Morgan fingerprint density at radius 2 is 1.91 bits per heavy atom. The van der Waals surface area contributed by atoms with Crippen molar-refractivity contribution in [1.29, 1.82) is 0 Å². The minimum Gasteiger partial charge on any atom is -0.507 e. The van der Waals surface area contributed by atoms with E-state index in [1.165, 1.54) is 0 Å². The van der Waals surface area contributed by atoms with Gasteiger partial charge in [-0.1, -0.05) is 19.1 Å². The minimum absolute atomic E-state index is 0.0423. The molecule has 3 aromatic rings. The highest BCUT2D eigenvalue weighted by Crippen LogP contribution is 2.36. The number of pyridine rings is 1. The van der Waals surface area contributed by atoms with E-state index in [1.807, 2.05) is 50.2 Å². The van der Waals surface area contributed by atoms with Gasteiger partial charge in [-0.25, -0.2) is 0 Å². The Balaban J connectivity index is 1.80. The number of hydrogen-bond acceptors (Lipinski definition) is 5. The predicted octanol–water partition coefficient (Wildman–Crippen LogP) is 4.72. The number of aromatic hydroxyl groups is 1. The van der Waals surface area contributed by atoms with Crippen molar-refractivity contribution in [2.24, 2.45) is 5.92 Å². The molecular formula is C26H32N2O4. The summed E-state index contributed by atoms with van der Waals surface area (Å²) < 4.78 is 12.8. The lowest BCUT2D eigenvalue weighted by Gasteiger charge is -2.37. The summed E-state index contributed by atoms with van der Waals surface area (Å²) in [6.45, 7) is 8.75. The van der Waals surface area contributed by atoms with Gasteiger partial charge in [-0.2, -0.15) is 0 Å². The fourth-order valence-electron chi connectivity index (χ4n) is 4.54. The minimum atomic E-state index is -0.325. The van der Waals surface area contributed by atoms with E-state index in [9.17, 15) is 9.90 Å². The van der Waals surface area contributed by atoms with Gasteiger partial charge in [0.05, 0.1) is 31.0 Å². The Hall–Kier alpha value is -2.99. The third-order valence-corrected chi connectivity index (χ3v) is 6.38. The van der Waals surface area contributed by atoms with Crippen LogP contribution in [0, 0.1) is 12.8 Å². The van der Waals surface area contributed by atoms with Gasteiger partial charge in [0, 0.05) is 5.69 Å². The first-order valence-electron chi connectivity index (χ1n) is 11.4. The van der Waals surface area contributed by atoms with Gasteiger partial charge < -0.3 is 18.8 Å². The molecule has 6 nitrogen and oxygen atoms in total. The molecule has 1 atom stereocenters. The molecule has 1 N–H and O–H groups in total. The Bertz CT molecular complexity index is 1080. The molecule has 1 aliphatic rings. The number of aryl methyl sites for hydroxylation is 1. The molecule has 0 radical (unpaired) electrons. The van der Waals surface area contributed by atoms with Gasteiger partial charge in [0.25, 0.3) is 5.56 Å². The lowest BCUT2D eigenvalue weighted by Crippen LogP contribution is -2.40. The third-order valence-electron chi connectivity index (χ3n) is 6.38. The van der Waals surface area contributed by atoms with Crippen molar-refractivity contribution < 1.29 is 14.3 Å². The first-order chi connectivity index (χ1) is 15.5. The van der Waals surface area contributed by atoms with Gasteiger partial charge >= 0.3 is 0 Å². The number of piperidine rings is 1. The normalized spacial score (nSPS) is 16.2. The predicted molar refractivity (Wildman–Crippen MR) is 124 cm³/mol. The van der Waals surface area contributed by atoms with Crippen LogP contribution in [0.25, 0.3) is 0 Å². The Morgan fingerprint density at radius 1 is 1.19 bits per heavy atom. The first kappa shape index (κ1) is 22.2. The molecule has 0 aliphatic carbocycles. The molecule has 0 amide bonds. The molecule has 0 saturated carbocycles. The maximum atomic E-state index is 13.7. The van der Waals surface area contributed by atoms with E-state index >= 15 is 0 Å². The summed E-state index contributed by atoms with van der Waals surface area (Å²) in [6.07, 6.45) is 3.75. The first-order valence-corrected chi connectivity index (χ1v) is 11.4. The van der Waals surface area contributed by atoms with Crippen LogP contribution < -0.4 is 10.3 Å². The number of rotatable bonds is 7. The molecule has 2 aromatic heterocycles. The van der Waals surface area contributed by atoms with E-state index in [2.05, 4.69) is 11.8 Å². The summed E-state index contributed by atoms with van der Waals surface area (Å²) in [6, 6.07) is 12.9. The van der Waals surface area contributed by atoms with Crippen molar-refractivity contribution in [3.05, 3.63) is 81.7 Å². The highest BCUT2D eigenvalue weighted by atomic mass is 16.5. The van der Waals surface area contributed by atoms with Crippen molar-refractivity contribution in [1.82, 2.24) is 9.47 Å². The molecule has 170 valence electrons. The van der Waals surface area contributed by atoms with Crippen LogP contribution in [0.1, 0.15) is 55.3 Å². The van der Waals surface area contributed by atoms with Crippen LogP contribution in [0.5, 0.6) is 11.5 Å². The van der Waals surface area contributed by atoms with E-state index in [4.69, 9.17) is 9.15 Å². The van der Waals surface area contributed by atoms with Gasteiger partial charge in [0.1, 0.15) is 17.3 Å². The fraction of sp³-hybridized carbons (Fsp3) is 0.423. The Labute approximate surface area is 189 Å². The van der Waals surface area contributed by atoms with Crippen LogP contribution in [0.3, 0.4) is 0 Å². The second kappa shape index (κ2) is 9.65. The van der Waals surface area contributed by atoms with Gasteiger partial charge in [-0.3, -0.25) is 9.69 Å². The molecule has 1 unspecified atom stereocenters. The lowest BCUT2D eigenvalue weighted by atomic mass is 9.92. The quantitative estimate of drug-likeness (QED) is 0.580. The fourth-order valence-corrected chi connectivity index (χ4v) is 4.54. The van der Waals surface area contributed by atoms with Crippen LogP contribution in [0.2, 0.25) is 0 Å². The molecule has 1 fully saturated rings. The molecule has 4 rings (SSSR count). The maximum Gasteiger partial charge on any atom is 0.260 e. The molecular weight excluding hydrogens is 404 g/mol. The molecule has 3 heterocycles. The van der Waals surface area contributed by atoms with E-state index in [0.717, 1.165) is 37.2 Å². The summed E-state index contributed by atoms with van der Waals surface area (Å²) in [4.78, 5) is 16.1. The number of ether oxygens (including phenoxy) is 1. The summed E-state index contributed by atoms with van der Waals surface area (Å²) in [5, 5.41) is 11.0. The van der Waals surface area contributed by atoms with E-state index in [0.29, 0.717) is 36.1 Å². The van der Waals surface area contributed by atoms with Crippen molar-refractivity contribution in [2.45, 2.75) is 46.2 Å². The maximum absolute atomic E-state index is 13.7. The van der Waals surface area contributed by atoms with Crippen molar-refractivity contribution in [3.8, 4) is 11.5 Å². The smallest absolute Gasteiger partial charge is 0.260 e. The van der Waals surface area contributed by atoms with Gasteiger partial charge in [0.2, 0.25) is 0 Å². The zero-order valence-corrected chi connectivity index (χ0v) is 19.1. The number of aromatic nitrogens is 1. The highest BCUT2D eigenvalue weighted by Gasteiger charge is 2.31. The monoisotopic (exact) mass is 436 g/mol. The molecule has 1 saturated heterocycles. The zero-order valence-electron chi connectivity index (χ0n) is 19.1. The topological polar surface area (TPSA) is 67.8 Å². The number of hydrogen-bond donors (Lipinski definition) is 1. The summed E-state index contributed by atoms with van der Waals surface area (Å²) >= 11 is 0.